The van der Waals surface area contributed by atoms with Crippen LogP contribution in [0.2, 0.25) is 0 Å². The zero-order chi connectivity index (χ0) is 15.0. The van der Waals surface area contributed by atoms with Crippen molar-refractivity contribution in [3.63, 3.8) is 0 Å². The maximum atomic E-state index is 11.4. The van der Waals surface area contributed by atoms with Gasteiger partial charge in [0.05, 0.1) is 0 Å². The van der Waals surface area contributed by atoms with E-state index in [1.165, 1.54) is 6.26 Å². The molecule has 0 aromatic heterocycles. The van der Waals surface area contributed by atoms with E-state index in [0.717, 1.165) is 0 Å². The first kappa shape index (κ1) is 17.6. The van der Waals surface area contributed by atoms with Gasteiger partial charge >= 0.3 is 12.0 Å². The minimum Gasteiger partial charge on any atom is -0.481 e. The van der Waals surface area contributed by atoms with E-state index in [0.29, 0.717) is 5.75 Å². The number of aliphatic carboxylic acids is 1. The number of amides is 3. The first-order valence-electron chi connectivity index (χ1n) is 5.82. The highest BCUT2D eigenvalue weighted by Gasteiger charge is 2.15. The Morgan fingerprint density at radius 1 is 1.21 bits per heavy atom. The lowest BCUT2D eigenvalue weighted by Gasteiger charge is -2.13. The number of carboxylic acids is 1. The molecule has 3 unspecified atom stereocenters. The molecule has 0 aromatic rings. The summed E-state index contributed by atoms with van der Waals surface area (Å²) in [6.07, 6.45) is 1.36. The average Bonchev–Trinajstić information content (AvgIpc) is 2.12. The molecule has 8 heteroatoms. The lowest BCUT2D eigenvalue weighted by Crippen LogP contribution is -2.45. The number of carbonyl (C=O) groups excluding carboxylic acids is 2. The highest BCUT2D eigenvalue weighted by molar-refractivity contribution is 7.84. The molecule has 3 atom stereocenters. The predicted molar refractivity (Wildman–Crippen MR) is 71.1 cm³/mol. The molecule has 0 saturated heterocycles. The molecule has 0 aliphatic carbocycles. The van der Waals surface area contributed by atoms with E-state index in [9.17, 15) is 18.6 Å². The molecule has 0 aliphatic heterocycles. The highest BCUT2D eigenvalue weighted by atomic mass is 32.2. The van der Waals surface area contributed by atoms with Crippen molar-refractivity contribution in [2.45, 2.75) is 32.7 Å². The maximum Gasteiger partial charge on any atom is 0.321 e. The normalized spacial score (nSPS) is 15.1. The molecule has 0 rings (SSSR count). The van der Waals surface area contributed by atoms with Crippen LogP contribution >= 0.6 is 0 Å². The Hall–Kier alpha value is -1.44. The molecule has 0 aliphatic rings. The fraction of sp³-hybridized carbons (Fsp3) is 0.727. The zero-order valence-corrected chi connectivity index (χ0v) is 12.1. The van der Waals surface area contributed by atoms with Gasteiger partial charge in [0.15, 0.2) is 0 Å². The van der Waals surface area contributed by atoms with Gasteiger partial charge in [0.1, 0.15) is 0 Å². The molecule has 0 saturated carbocycles. The Labute approximate surface area is 114 Å². The van der Waals surface area contributed by atoms with Gasteiger partial charge in [0.2, 0.25) is 5.91 Å². The smallest absolute Gasteiger partial charge is 0.321 e. The van der Waals surface area contributed by atoms with Crippen molar-refractivity contribution in [1.29, 1.82) is 0 Å². The average molecular weight is 292 g/mol. The number of hydrogen-bond acceptors (Lipinski definition) is 4. The van der Waals surface area contributed by atoms with Crippen LogP contribution in [0.25, 0.3) is 0 Å². The minimum absolute atomic E-state index is 0.0339. The van der Waals surface area contributed by atoms with E-state index in [4.69, 9.17) is 5.11 Å². The number of carboxylic acid groups (broad SMARTS) is 1. The van der Waals surface area contributed by atoms with Crippen molar-refractivity contribution < 1.29 is 23.7 Å². The van der Waals surface area contributed by atoms with Crippen molar-refractivity contribution in [3.8, 4) is 0 Å². The van der Waals surface area contributed by atoms with Gasteiger partial charge in [-0.1, -0.05) is 6.92 Å². The van der Waals surface area contributed by atoms with Crippen molar-refractivity contribution in [3.05, 3.63) is 0 Å². The highest BCUT2D eigenvalue weighted by Crippen LogP contribution is 2.06. The van der Waals surface area contributed by atoms with E-state index < -0.39 is 28.7 Å². The number of carbonyl (C=O) groups is 3. The number of nitrogens with one attached hydrogen (secondary N) is 2. The van der Waals surface area contributed by atoms with Crippen molar-refractivity contribution in [2.24, 2.45) is 5.92 Å². The third-order valence-corrected chi connectivity index (χ3v) is 3.14. The summed E-state index contributed by atoms with van der Waals surface area (Å²) in [5.41, 5.74) is 0. The molecule has 0 fully saturated rings. The Morgan fingerprint density at radius 2 is 1.79 bits per heavy atom. The van der Waals surface area contributed by atoms with Gasteiger partial charge in [-0.3, -0.25) is 19.1 Å². The van der Waals surface area contributed by atoms with Crippen LogP contribution in [0.3, 0.4) is 0 Å². The summed E-state index contributed by atoms with van der Waals surface area (Å²) in [6.45, 7) is 3.30. The fourth-order valence-corrected chi connectivity index (χ4v) is 2.31. The van der Waals surface area contributed by atoms with E-state index >= 15 is 0 Å². The van der Waals surface area contributed by atoms with E-state index in [1.54, 1.807) is 13.8 Å². The number of imide groups is 1. The summed E-state index contributed by atoms with van der Waals surface area (Å²) >= 11 is 0. The van der Waals surface area contributed by atoms with E-state index in [2.05, 4.69) is 10.6 Å². The summed E-state index contributed by atoms with van der Waals surface area (Å²) in [6, 6.07) is -0.972. The number of rotatable bonds is 7. The molecule has 0 aromatic carbocycles. The summed E-state index contributed by atoms with van der Waals surface area (Å²) in [5, 5.41) is 13.1. The fourth-order valence-electron chi connectivity index (χ4n) is 1.52. The molecule has 19 heavy (non-hydrogen) atoms. The van der Waals surface area contributed by atoms with Gasteiger partial charge in [0.25, 0.3) is 0 Å². The summed E-state index contributed by atoms with van der Waals surface area (Å²) in [5.74, 6) is -1.55. The van der Waals surface area contributed by atoms with Crippen molar-refractivity contribution in [1.82, 2.24) is 10.6 Å². The van der Waals surface area contributed by atoms with Gasteiger partial charge in [-0.2, -0.15) is 0 Å². The van der Waals surface area contributed by atoms with Gasteiger partial charge in [0, 0.05) is 41.7 Å². The van der Waals surface area contributed by atoms with Gasteiger partial charge in [-0.25, -0.2) is 4.79 Å². The van der Waals surface area contributed by atoms with Crippen LogP contribution in [-0.4, -0.2) is 45.3 Å². The Balaban J connectivity index is 4.02. The Morgan fingerprint density at radius 3 is 2.26 bits per heavy atom. The SMILES string of the molecule is CC(CC(=O)O)CC(=O)NC(=O)NC(C)CS(C)=O. The van der Waals surface area contributed by atoms with Crippen molar-refractivity contribution >= 4 is 28.7 Å². The number of urea groups is 1. The first-order valence-corrected chi connectivity index (χ1v) is 7.55. The predicted octanol–water partition coefficient (Wildman–Crippen LogP) is 0.0801. The molecular formula is C11H20N2O5S. The molecule has 0 radical (unpaired) electrons. The molecule has 0 bridgehead atoms. The van der Waals surface area contributed by atoms with Crippen LogP contribution in [-0.2, 0) is 20.4 Å². The standard InChI is InChI=1S/C11H20N2O5S/c1-7(5-10(15)16)4-9(14)13-11(17)12-8(2)6-19(3)18/h7-8H,4-6H2,1-3H3,(H,15,16)(H2,12,13,14,17). The van der Waals surface area contributed by atoms with Crippen molar-refractivity contribution in [2.75, 3.05) is 12.0 Å². The quantitative estimate of drug-likeness (QED) is 0.615. The van der Waals surface area contributed by atoms with Crippen LogP contribution in [0.4, 0.5) is 4.79 Å². The van der Waals surface area contributed by atoms with Gasteiger partial charge < -0.3 is 10.4 Å². The summed E-state index contributed by atoms with van der Waals surface area (Å²) in [7, 11) is -1.03. The first-order chi connectivity index (χ1) is 8.70. The molecule has 0 spiro atoms. The van der Waals surface area contributed by atoms with Crippen LogP contribution in [0, 0.1) is 5.92 Å². The molecule has 110 valence electrons. The van der Waals surface area contributed by atoms with Crippen LogP contribution in [0.15, 0.2) is 0 Å². The monoisotopic (exact) mass is 292 g/mol. The summed E-state index contributed by atoms with van der Waals surface area (Å²) in [4.78, 5) is 33.2. The lowest BCUT2D eigenvalue weighted by atomic mass is 10.0. The van der Waals surface area contributed by atoms with Crippen LogP contribution in [0.5, 0.6) is 0 Å². The second-order valence-corrected chi connectivity index (χ2v) is 6.05. The molecule has 0 heterocycles. The van der Waals surface area contributed by atoms with E-state index in [-0.39, 0.29) is 24.8 Å². The minimum atomic E-state index is -1.03. The molecule has 3 amide bonds. The third-order valence-electron chi connectivity index (χ3n) is 2.17. The molecular weight excluding hydrogens is 272 g/mol. The zero-order valence-electron chi connectivity index (χ0n) is 11.3. The lowest BCUT2D eigenvalue weighted by molar-refractivity contribution is -0.138. The topological polar surface area (TPSA) is 113 Å². The van der Waals surface area contributed by atoms with Gasteiger partial charge in [-0.15, -0.1) is 0 Å². The molecule has 3 N–H and O–H groups in total. The van der Waals surface area contributed by atoms with Gasteiger partial charge in [-0.05, 0) is 12.8 Å². The van der Waals surface area contributed by atoms with Crippen LogP contribution in [0.1, 0.15) is 26.7 Å². The molecule has 7 nitrogen and oxygen atoms in total. The second-order valence-electron chi connectivity index (χ2n) is 4.57. The summed E-state index contributed by atoms with van der Waals surface area (Å²) < 4.78 is 10.9. The number of hydrogen-bond donors (Lipinski definition) is 3. The Bertz CT molecular complexity index is 338. The maximum absolute atomic E-state index is 11.4. The van der Waals surface area contributed by atoms with Crippen LogP contribution < -0.4 is 10.6 Å². The Kier molecular flexibility index (Phi) is 7.97. The third kappa shape index (κ3) is 10.2. The second kappa shape index (κ2) is 8.63. The van der Waals surface area contributed by atoms with E-state index in [1.807, 2.05) is 0 Å². The largest absolute Gasteiger partial charge is 0.481 e.